The Morgan fingerprint density at radius 3 is 3.00 bits per heavy atom. The van der Waals surface area contributed by atoms with E-state index in [1.54, 1.807) is 0 Å². The minimum Gasteiger partial charge on any atom is -0.492 e. The van der Waals surface area contributed by atoms with Gasteiger partial charge >= 0.3 is 0 Å². The van der Waals surface area contributed by atoms with E-state index in [1.807, 2.05) is 19.2 Å². The highest BCUT2D eigenvalue weighted by Gasteiger charge is 2.33. The van der Waals surface area contributed by atoms with Gasteiger partial charge in [0.15, 0.2) is 0 Å². The summed E-state index contributed by atoms with van der Waals surface area (Å²) in [7, 11) is 1.98. The second-order valence-electron chi connectivity index (χ2n) is 5.41. The fourth-order valence-electron chi connectivity index (χ4n) is 2.41. The van der Waals surface area contributed by atoms with Gasteiger partial charge in [-0.3, -0.25) is 0 Å². The van der Waals surface area contributed by atoms with Gasteiger partial charge < -0.3 is 14.8 Å². The van der Waals surface area contributed by atoms with Gasteiger partial charge in [0.2, 0.25) is 0 Å². The van der Waals surface area contributed by atoms with Crippen molar-refractivity contribution in [2.45, 2.75) is 38.3 Å². The largest absolute Gasteiger partial charge is 0.492 e. The summed E-state index contributed by atoms with van der Waals surface area (Å²) in [5, 5.41) is 3.34. The van der Waals surface area contributed by atoms with Gasteiger partial charge in [-0.15, -0.1) is 12.3 Å². The van der Waals surface area contributed by atoms with Gasteiger partial charge in [-0.1, -0.05) is 6.07 Å². The lowest BCUT2D eigenvalue weighted by Crippen LogP contribution is -2.38. The first-order valence-corrected chi connectivity index (χ1v) is 6.62. The van der Waals surface area contributed by atoms with Crippen LogP contribution in [0.25, 0.3) is 0 Å². The Kier molecular flexibility index (Phi) is 4.01. The molecule has 1 N–H and O–H groups in total. The van der Waals surface area contributed by atoms with Crippen LogP contribution in [0.5, 0.6) is 11.5 Å². The maximum atomic E-state index is 6.04. The van der Waals surface area contributed by atoms with E-state index in [0.717, 1.165) is 17.9 Å². The lowest BCUT2D eigenvalue weighted by molar-refractivity contribution is 0.0671. The number of fused-ring (bicyclic) bond motifs is 1. The summed E-state index contributed by atoms with van der Waals surface area (Å²) in [5.41, 5.74) is 1.02. The van der Waals surface area contributed by atoms with Crippen LogP contribution in [0, 0.1) is 12.3 Å². The standard InChI is InChI=1S/C16H21NO2/c1-5-6-9-18-12-7-8-13-14(17-4)11-16(2,3)19-15(13)10-12/h1,7-8,10,14,17H,6,9,11H2,2-4H3. The zero-order valence-electron chi connectivity index (χ0n) is 11.8. The summed E-state index contributed by atoms with van der Waals surface area (Å²) in [6.45, 7) is 4.74. The molecule has 0 radical (unpaired) electrons. The molecule has 1 heterocycles. The number of rotatable bonds is 4. The van der Waals surface area contributed by atoms with Gasteiger partial charge in [0.25, 0.3) is 0 Å². The highest BCUT2D eigenvalue weighted by molar-refractivity contribution is 5.44. The Bertz CT molecular complexity index is 488. The fraction of sp³-hybridized carbons (Fsp3) is 0.500. The van der Waals surface area contributed by atoms with E-state index >= 15 is 0 Å². The van der Waals surface area contributed by atoms with Crippen LogP contribution in [-0.2, 0) is 0 Å². The van der Waals surface area contributed by atoms with Gasteiger partial charge in [-0.25, -0.2) is 0 Å². The minimum absolute atomic E-state index is 0.169. The van der Waals surface area contributed by atoms with E-state index in [0.29, 0.717) is 19.1 Å². The van der Waals surface area contributed by atoms with Crippen molar-refractivity contribution in [2.75, 3.05) is 13.7 Å². The molecular weight excluding hydrogens is 238 g/mol. The molecule has 0 bridgehead atoms. The number of hydrogen-bond acceptors (Lipinski definition) is 3. The fourth-order valence-corrected chi connectivity index (χ4v) is 2.41. The lowest BCUT2D eigenvalue weighted by Gasteiger charge is -2.37. The number of benzene rings is 1. The molecule has 1 unspecified atom stereocenters. The van der Waals surface area contributed by atoms with Crippen molar-refractivity contribution in [2.24, 2.45) is 0 Å². The summed E-state index contributed by atoms with van der Waals surface area (Å²) < 4.78 is 11.6. The van der Waals surface area contributed by atoms with Gasteiger partial charge in [-0.05, 0) is 27.0 Å². The van der Waals surface area contributed by atoms with Crippen LogP contribution in [0.1, 0.15) is 38.3 Å². The van der Waals surface area contributed by atoms with Crippen molar-refractivity contribution in [3.05, 3.63) is 23.8 Å². The van der Waals surface area contributed by atoms with Gasteiger partial charge in [0.05, 0.1) is 6.61 Å². The minimum atomic E-state index is -0.169. The lowest BCUT2D eigenvalue weighted by atomic mass is 9.90. The molecule has 0 aliphatic carbocycles. The Labute approximate surface area is 115 Å². The van der Waals surface area contributed by atoms with E-state index in [1.165, 1.54) is 5.56 Å². The normalized spacial score (nSPS) is 20.0. The number of terminal acetylenes is 1. The molecule has 0 spiro atoms. The molecule has 2 rings (SSSR count). The van der Waals surface area contributed by atoms with Crippen molar-refractivity contribution in [1.82, 2.24) is 5.32 Å². The van der Waals surface area contributed by atoms with E-state index in [4.69, 9.17) is 15.9 Å². The Morgan fingerprint density at radius 1 is 1.53 bits per heavy atom. The average molecular weight is 259 g/mol. The molecule has 19 heavy (non-hydrogen) atoms. The van der Waals surface area contributed by atoms with Crippen molar-refractivity contribution in [3.63, 3.8) is 0 Å². The van der Waals surface area contributed by atoms with Gasteiger partial charge in [0, 0.05) is 30.5 Å². The molecule has 3 heteroatoms. The van der Waals surface area contributed by atoms with Gasteiger partial charge in [-0.2, -0.15) is 0 Å². The SMILES string of the molecule is C#CCCOc1ccc2c(c1)OC(C)(C)CC2NC. The summed E-state index contributed by atoms with van der Waals surface area (Å²) in [6.07, 6.45) is 6.78. The predicted octanol–water partition coefficient (Wildman–Crippen LogP) is 2.91. The van der Waals surface area contributed by atoms with E-state index in [-0.39, 0.29) is 5.60 Å². The molecule has 1 aromatic carbocycles. The van der Waals surface area contributed by atoms with Crippen LogP contribution in [-0.4, -0.2) is 19.3 Å². The Balaban J connectivity index is 2.21. The Hall–Kier alpha value is -1.66. The summed E-state index contributed by atoms with van der Waals surface area (Å²) in [4.78, 5) is 0. The van der Waals surface area contributed by atoms with Crippen LogP contribution >= 0.6 is 0 Å². The van der Waals surface area contributed by atoms with Crippen molar-refractivity contribution >= 4 is 0 Å². The molecule has 0 fully saturated rings. The first kappa shape index (κ1) is 13.8. The zero-order valence-corrected chi connectivity index (χ0v) is 11.8. The molecule has 102 valence electrons. The first-order valence-electron chi connectivity index (χ1n) is 6.62. The summed E-state index contributed by atoms with van der Waals surface area (Å²) >= 11 is 0. The van der Waals surface area contributed by atoms with Crippen LogP contribution in [0.3, 0.4) is 0 Å². The van der Waals surface area contributed by atoms with Crippen LogP contribution < -0.4 is 14.8 Å². The maximum absolute atomic E-state index is 6.04. The van der Waals surface area contributed by atoms with E-state index < -0.39 is 0 Å². The topological polar surface area (TPSA) is 30.5 Å². The predicted molar refractivity (Wildman–Crippen MR) is 76.5 cm³/mol. The quantitative estimate of drug-likeness (QED) is 0.666. The van der Waals surface area contributed by atoms with Crippen molar-refractivity contribution < 1.29 is 9.47 Å². The van der Waals surface area contributed by atoms with Crippen molar-refractivity contribution in [1.29, 1.82) is 0 Å². The molecule has 1 aromatic rings. The second-order valence-corrected chi connectivity index (χ2v) is 5.41. The first-order chi connectivity index (χ1) is 9.05. The molecule has 0 saturated heterocycles. The Morgan fingerprint density at radius 2 is 2.32 bits per heavy atom. The molecule has 3 nitrogen and oxygen atoms in total. The van der Waals surface area contributed by atoms with E-state index in [9.17, 15) is 0 Å². The molecule has 0 aromatic heterocycles. The number of nitrogens with one attached hydrogen (secondary N) is 1. The second kappa shape index (κ2) is 5.54. The molecule has 1 atom stereocenters. The smallest absolute Gasteiger partial charge is 0.128 e. The highest BCUT2D eigenvalue weighted by Crippen LogP contribution is 2.40. The highest BCUT2D eigenvalue weighted by atomic mass is 16.5. The van der Waals surface area contributed by atoms with Gasteiger partial charge in [0.1, 0.15) is 17.1 Å². The van der Waals surface area contributed by atoms with E-state index in [2.05, 4.69) is 31.2 Å². The number of hydrogen-bond donors (Lipinski definition) is 1. The summed E-state index contributed by atoms with van der Waals surface area (Å²) in [6, 6.07) is 6.31. The zero-order chi connectivity index (χ0) is 13.9. The van der Waals surface area contributed by atoms with Crippen molar-refractivity contribution in [3.8, 4) is 23.8 Å². The van der Waals surface area contributed by atoms with Crippen LogP contribution in [0.15, 0.2) is 18.2 Å². The third-order valence-corrected chi connectivity index (χ3v) is 3.31. The number of ether oxygens (including phenoxy) is 2. The van der Waals surface area contributed by atoms with Crippen LogP contribution in [0.2, 0.25) is 0 Å². The molecule has 1 aliphatic rings. The van der Waals surface area contributed by atoms with Crippen LogP contribution in [0.4, 0.5) is 0 Å². The average Bonchev–Trinajstić information content (AvgIpc) is 2.36. The maximum Gasteiger partial charge on any atom is 0.128 e. The third-order valence-electron chi connectivity index (χ3n) is 3.31. The molecule has 0 saturated carbocycles. The third kappa shape index (κ3) is 3.21. The summed E-state index contributed by atoms with van der Waals surface area (Å²) in [5.74, 6) is 4.27. The molecule has 1 aliphatic heterocycles. The molecular formula is C16H21NO2. The monoisotopic (exact) mass is 259 g/mol. The molecule has 0 amide bonds.